The van der Waals surface area contributed by atoms with Gasteiger partial charge in [-0.1, -0.05) is 12.1 Å². The number of benzene rings is 1. The van der Waals surface area contributed by atoms with Gasteiger partial charge in [0.1, 0.15) is 11.5 Å². The van der Waals surface area contributed by atoms with Crippen molar-refractivity contribution in [2.75, 3.05) is 38.2 Å². The summed E-state index contributed by atoms with van der Waals surface area (Å²) in [6, 6.07) is 7.31. The number of hydrogen-bond donors (Lipinski definition) is 1. The fourth-order valence-corrected chi connectivity index (χ4v) is 3.91. The molecule has 0 spiro atoms. The van der Waals surface area contributed by atoms with Crippen molar-refractivity contribution in [1.29, 1.82) is 0 Å². The topological polar surface area (TPSA) is 79.8 Å². The molecule has 0 bridgehead atoms. The number of piperidine rings is 1. The third kappa shape index (κ3) is 4.90. The number of urea groups is 1. The minimum Gasteiger partial charge on any atom is -0.497 e. The minimum atomic E-state index is -0.127. The molecule has 0 atom stereocenters. The average Bonchev–Trinajstić information content (AvgIpc) is 2.82. The molecule has 0 unspecified atom stereocenters. The molecule has 8 heteroatoms. The van der Waals surface area contributed by atoms with Gasteiger partial charge in [0.15, 0.2) is 0 Å². The van der Waals surface area contributed by atoms with E-state index in [0.29, 0.717) is 49.4 Å². The number of nitrogens with zero attached hydrogens (tertiary/aromatic N) is 4. The second-order valence-corrected chi connectivity index (χ2v) is 7.73. The normalized spacial score (nSPS) is 15.8. The van der Waals surface area contributed by atoms with Crippen LogP contribution in [-0.4, -0.2) is 54.2 Å². The number of aromatic nitrogens is 2. The Bertz CT molecular complexity index is 943. The van der Waals surface area contributed by atoms with Gasteiger partial charge in [-0.15, -0.1) is 6.58 Å². The third-order valence-electron chi connectivity index (χ3n) is 5.59. The van der Waals surface area contributed by atoms with Crippen molar-refractivity contribution >= 4 is 12.0 Å². The SMILES string of the molecule is C=CCNC(=O)N1CCc2nc(N3CCCCC3)nc(Oc3cccc(OC)c3)c2C1. The van der Waals surface area contributed by atoms with Gasteiger partial charge in [0, 0.05) is 38.7 Å². The number of rotatable bonds is 6. The van der Waals surface area contributed by atoms with Crippen LogP contribution in [0.1, 0.15) is 30.5 Å². The molecule has 2 amide bonds. The number of amides is 2. The van der Waals surface area contributed by atoms with Crippen LogP contribution in [0.25, 0.3) is 0 Å². The molecule has 8 nitrogen and oxygen atoms in total. The molecule has 1 aromatic heterocycles. The largest absolute Gasteiger partial charge is 0.497 e. The van der Waals surface area contributed by atoms with Crippen molar-refractivity contribution in [1.82, 2.24) is 20.2 Å². The van der Waals surface area contributed by atoms with Crippen LogP contribution >= 0.6 is 0 Å². The minimum absolute atomic E-state index is 0.127. The summed E-state index contributed by atoms with van der Waals surface area (Å²) in [6.45, 7) is 6.99. The van der Waals surface area contributed by atoms with E-state index < -0.39 is 0 Å². The zero-order chi connectivity index (χ0) is 21.6. The zero-order valence-electron chi connectivity index (χ0n) is 18.0. The molecule has 1 fully saturated rings. The Morgan fingerprint density at radius 1 is 1.19 bits per heavy atom. The highest BCUT2D eigenvalue weighted by atomic mass is 16.5. The first-order valence-corrected chi connectivity index (χ1v) is 10.8. The van der Waals surface area contributed by atoms with Gasteiger partial charge in [-0.25, -0.2) is 9.78 Å². The van der Waals surface area contributed by atoms with E-state index in [9.17, 15) is 4.79 Å². The van der Waals surface area contributed by atoms with Crippen molar-refractivity contribution in [3.05, 3.63) is 48.2 Å². The molecule has 2 aromatic rings. The van der Waals surface area contributed by atoms with Gasteiger partial charge in [-0.3, -0.25) is 0 Å². The van der Waals surface area contributed by atoms with E-state index in [1.165, 1.54) is 6.42 Å². The van der Waals surface area contributed by atoms with Crippen LogP contribution < -0.4 is 19.7 Å². The van der Waals surface area contributed by atoms with Gasteiger partial charge in [-0.2, -0.15) is 4.98 Å². The Hall–Kier alpha value is -3.29. The summed E-state index contributed by atoms with van der Waals surface area (Å²) in [4.78, 5) is 26.1. The molecule has 3 heterocycles. The lowest BCUT2D eigenvalue weighted by Crippen LogP contribution is -2.43. The highest BCUT2D eigenvalue weighted by molar-refractivity contribution is 5.74. The van der Waals surface area contributed by atoms with E-state index in [4.69, 9.17) is 19.4 Å². The highest BCUT2D eigenvalue weighted by Crippen LogP contribution is 2.33. The molecule has 4 rings (SSSR count). The molecule has 0 saturated carbocycles. The summed E-state index contributed by atoms with van der Waals surface area (Å²) in [5, 5.41) is 2.84. The first kappa shape index (κ1) is 21.0. The number of fused-ring (bicyclic) bond motifs is 1. The number of anilines is 1. The fraction of sp³-hybridized carbons (Fsp3) is 0.435. The van der Waals surface area contributed by atoms with Crippen LogP contribution in [0.3, 0.4) is 0 Å². The van der Waals surface area contributed by atoms with E-state index in [-0.39, 0.29) is 6.03 Å². The van der Waals surface area contributed by atoms with Crippen molar-refractivity contribution in [2.45, 2.75) is 32.2 Å². The molecule has 1 saturated heterocycles. The Morgan fingerprint density at radius 3 is 2.77 bits per heavy atom. The summed E-state index contributed by atoms with van der Waals surface area (Å²) in [5.74, 6) is 2.56. The number of carbonyl (C=O) groups is 1. The van der Waals surface area contributed by atoms with Gasteiger partial charge >= 0.3 is 6.03 Å². The lowest BCUT2D eigenvalue weighted by Gasteiger charge is -2.31. The predicted molar refractivity (Wildman–Crippen MR) is 119 cm³/mol. The molecule has 2 aliphatic rings. The summed E-state index contributed by atoms with van der Waals surface area (Å²) in [5.41, 5.74) is 1.80. The Labute approximate surface area is 182 Å². The van der Waals surface area contributed by atoms with Crippen molar-refractivity contribution < 1.29 is 14.3 Å². The van der Waals surface area contributed by atoms with Crippen LogP contribution in [0, 0.1) is 0 Å². The van der Waals surface area contributed by atoms with E-state index >= 15 is 0 Å². The molecule has 2 aliphatic heterocycles. The van der Waals surface area contributed by atoms with Gasteiger partial charge < -0.3 is 24.6 Å². The number of hydrogen-bond acceptors (Lipinski definition) is 6. The molecule has 0 aliphatic carbocycles. The first-order valence-electron chi connectivity index (χ1n) is 10.8. The Morgan fingerprint density at radius 2 is 2.00 bits per heavy atom. The smallest absolute Gasteiger partial charge is 0.317 e. The van der Waals surface area contributed by atoms with E-state index in [0.717, 1.165) is 37.2 Å². The van der Waals surface area contributed by atoms with Crippen molar-refractivity contribution in [3.8, 4) is 17.4 Å². The third-order valence-corrected chi connectivity index (χ3v) is 5.59. The number of nitrogens with one attached hydrogen (secondary N) is 1. The quantitative estimate of drug-likeness (QED) is 0.716. The predicted octanol–water partition coefficient (Wildman–Crippen LogP) is 3.52. The van der Waals surface area contributed by atoms with Crippen molar-refractivity contribution in [2.24, 2.45) is 0 Å². The van der Waals surface area contributed by atoms with Gasteiger partial charge in [0.2, 0.25) is 11.8 Å². The average molecular weight is 424 g/mol. The highest BCUT2D eigenvalue weighted by Gasteiger charge is 2.28. The summed E-state index contributed by atoms with van der Waals surface area (Å²) in [6.07, 6.45) is 5.85. The maximum absolute atomic E-state index is 12.5. The number of carbonyl (C=O) groups excluding carboxylic acids is 1. The van der Waals surface area contributed by atoms with Crippen LogP contribution in [0.5, 0.6) is 17.4 Å². The van der Waals surface area contributed by atoms with Gasteiger partial charge in [0.25, 0.3) is 0 Å². The zero-order valence-corrected chi connectivity index (χ0v) is 18.0. The molecule has 0 radical (unpaired) electrons. The second-order valence-electron chi connectivity index (χ2n) is 7.73. The molecular formula is C23H29N5O3. The lowest BCUT2D eigenvalue weighted by molar-refractivity contribution is 0.192. The lowest BCUT2D eigenvalue weighted by atomic mass is 10.1. The molecule has 1 N–H and O–H groups in total. The molecule has 164 valence electrons. The van der Waals surface area contributed by atoms with Crippen LogP contribution in [0.2, 0.25) is 0 Å². The summed E-state index contributed by atoms with van der Waals surface area (Å²) >= 11 is 0. The summed E-state index contributed by atoms with van der Waals surface area (Å²) < 4.78 is 11.5. The van der Waals surface area contributed by atoms with Crippen LogP contribution in [0.4, 0.5) is 10.7 Å². The Kier molecular flexibility index (Phi) is 6.54. The van der Waals surface area contributed by atoms with Crippen LogP contribution in [-0.2, 0) is 13.0 Å². The van der Waals surface area contributed by atoms with Gasteiger partial charge in [-0.05, 0) is 31.4 Å². The van der Waals surface area contributed by atoms with Crippen molar-refractivity contribution in [3.63, 3.8) is 0 Å². The Balaban J connectivity index is 1.66. The summed E-state index contributed by atoms with van der Waals surface area (Å²) in [7, 11) is 1.62. The van der Waals surface area contributed by atoms with E-state index in [1.807, 2.05) is 24.3 Å². The molecule has 31 heavy (non-hydrogen) atoms. The number of methoxy groups -OCH3 is 1. The van der Waals surface area contributed by atoms with E-state index in [2.05, 4.69) is 16.8 Å². The maximum Gasteiger partial charge on any atom is 0.317 e. The molecule has 1 aromatic carbocycles. The monoisotopic (exact) mass is 423 g/mol. The van der Waals surface area contributed by atoms with Gasteiger partial charge in [0.05, 0.1) is 24.9 Å². The second kappa shape index (κ2) is 9.68. The number of ether oxygens (including phenoxy) is 2. The maximum atomic E-state index is 12.5. The van der Waals surface area contributed by atoms with Crippen LogP contribution in [0.15, 0.2) is 36.9 Å². The standard InChI is InChI=1S/C23H29N5O3/c1-3-11-24-23(29)28-14-10-20-19(16-28)21(31-18-9-7-8-17(15-18)30-2)26-22(25-20)27-12-5-4-6-13-27/h3,7-9,15H,1,4-6,10-14,16H2,2H3,(H,24,29). The molecular weight excluding hydrogens is 394 g/mol. The fourth-order valence-electron chi connectivity index (χ4n) is 3.91. The first-order chi connectivity index (χ1) is 15.2. The van der Waals surface area contributed by atoms with E-state index in [1.54, 1.807) is 18.1 Å².